The van der Waals surface area contributed by atoms with Gasteiger partial charge < -0.3 is 4.42 Å². The lowest BCUT2D eigenvalue weighted by Gasteiger charge is -2.10. The lowest BCUT2D eigenvalue weighted by molar-refractivity contribution is -0.402. The van der Waals surface area contributed by atoms with Crippen molar-refractivity contribution < 1.29 is 9.34 Å². The zero-order chi connectivity index (χ0) is 18.7. The molecule has 0 bridgehead atoms. The Kier molecular flexibility index (Phi) is 5.43. The smallest absolute Gasteiger partial charge is 0.401 e. The second-order valence-electron chi connectivity index (χ2n) is 5.37. The molecule has 0 fully saturated rings. The Morgan fingerprint density at radius 1 is 1.38 bits per heavy atom. The molecule has 0 aliphatic carbocycles. The number of benzene rings is 1. The van der Waals surface area contributed by atoms with Gasteiger partial charge >= 0.3 is 5.88 Å². The topological polar surface area (TPSA) is 91.2 Å². The van der Waals surface area contributed by atoms with E-state index in [9.17, 15) is 14.9 Å². The third-order valence-corrected chi connectivity index (χ3v) is 4.56. The molecule has 3 rings (SSSR count). The van der Waals surface area contributed by atoms with Crippen LogP contribution in [0.5, 0.6) is 0 Å². The van der Waals surface area contributed by atoms with E-state index >= 15 is 0 Å². The van der Waals surface area contributed by atoms with Gasteiger partial charge in [-0.05, 0) is 42.2 Å². The van der Waals surface area contributed by atoms with E-state index in [1.165, 1.54) is 23.9 Å². The van der Waals surface area contributed by atoms with Gasteiger partial charge in [-0.25, -0.2) is 4.98 Å². The number of nitrogens with zero attached hydrogens (tertiary/aromatic N) is 3. The summed E-state index contributed by atoms with van der Waals surface area (Å²) in [6, 6.07) is 7.78. The number of nitro groups is 1. The van der Waals surface area contributed by atoms with Crippen molar-refractivity contribution in [2.45, 2.75) is 25.0 Å². The third-order valence-electron chi connectivity index (χ3n) is 3.53. The van der Waals surface area contributed by atoms with Crippen LogP contribution in [-0.2, 0) is 6.54 Å². The molecule has 9 heteroatoms. The van der Waals surface area contributed by atoms with E-state index in [1.807, 2.05) is 6.92 Å². The molecule has 3 aromatic rings. The first-order valence-electron chi connectivity index (χ1n) is 7.77. The summed E-state index contributed by atoms with van der Waals surface area (Å²) in [6.45, 7) is 2.51. The molecular formula is C17H14ClN3O4S. The molecule has 2 aromatic heterocycles. The van der Waals surface area contributed by atoms with Gasteiger partial charge in [-0.3, -0.25) is 19.5 Å². The van der Waals surface area contributed by atoms with Crippen molar-refractivity contribution >= 4 is 46.2 Å². The SMILES string of the molecule is CCCn1c(S/C=C/c2ccc([N+](=O)[O-])o2)nc2cc(Cl)ccc2c1=O. The fraction of sp³-hybridized carbons (Fsp3) is 0.176. The van der Waals surface area contributed by atoms with Crippen LogP contribution < -0.4 is 5.56 Å². The quantitative estimate of drug-likeness (QED) is 0.261. The van der Waals surface area contributed by atoms with Crippen LogP contribution in [0.1, 0.15) is 19.1 Å². The molecule has 7 nitrogen and oxygen atoms in total. The van der Waals surface area contributed by atoms with E-state index in [4.69, 9.17) is 16.0 Å². The molecule has 1 aromatic carbocycles. The molecule has 0 amide bonds. The normalized spacial score (nSPS) is 11.5. The maximum atomic E-state index is 12.7. The number of rotatable bonds is 6. The number of halogens is 1. The van der Waals surface area contributed by atoms with E-state index < -0.39 is 4.92 Å². The molecule has 0 unspecified atom stereocenters. The number of hydrogen-bond acceptors (Lipinski definition) is 6. The van der Waals surface area contributed by atoms with Gasteiger partial charge in [0.1, 0.15) is 10.7 Å². The van der Waals surface area contributed by atoms with Crippen LogP contribution in [0.3, 0.4) is 0 Å². The Morgan fingerprint density at radius 2 is 2.19 bits per heavy atom. The summed E-state index contributed by atoms with van der Waals surface area (Å²) in [6.07, 6.45) is 2.37. The van der Waals surface area contributed by atoms with Gasteiger partial charge in [0.25, 0.3) is 5.56 Å². The Labute approximate surface area is 157 Å². The van der Waals surface area contributed by atoms with Crippen molar-refractivity contribution in [2.75, 3.05) is 0 Å². The molecule has 0 atom stereocenters. The van der Waals surface area contributed by atoms with Gasteiger partial charge in [0.05, 0.1) is 17.0 Å². The summed E-state index contributed by atoms with van der Waals surface area (Å²) in [5, 5.41) is 13.8. The Hall–Kier alpha value is -2.58. The number of thioether (sulfide) groups is 1. The molecule has 2 heterocycles. The third kappa shape index (κ3) is 3.81. The van der Waals surface area contributed by atoms with Crippen molar-refractivity contribution in [3.8, 4) is 0 Å². The predicted molar refractivity (Wildman–Crippen MR) is 102 cm³/mol. The summed E-state index contributed by atoms with van der Waals surface area (Å²) < 4.78 is 6.67. The minimum Gasteiger partial charge on any atom is -0.401 e. The molecule has 0 aliphatic rings. The Morgan fingerprint density at radius 3 is 2.88 bits per heavy atom. The lowest BCUT2D eigenvalue weighted by atomic mass is 10.2. The maximum Gasteiger partial charge on any atom is 0.433 e. The first kappa shape index (κ1) is 18.2. The van der Waals surface area contributed by atoms with Crippen LogP contribution in [0.2, 0.25) is 5.02 Å². The molecule has 0 radical (unpaired) electrons. The van der Waals surface area contributed by atoms with Gasteiger partial charge in [-0.15, -0.1) is 0 Å². The Balaban J connectivity index is 1.94. The van der Waals surface area contributed by atoms with Crippen LogP contribution >= 0.6 is 23.4 Å². The zero-order valence-electron chi connectivity index (χ0n) is 13.7. The van der Waals surface area contributed by atoms with Gasteiger partial charge in [0.15, 0.2) is 5.16 Å². The molecule has 26 heavy (non-hydrogen) atoms. The summed E-state index contributed by atoms with van der Waals surface area (Å²) >= 11 is 7.23. The minimum atomic E-state index is -0.599. The van der Waals surface area contributed by atoms with E-state index in [0.29, 0.717) is 33.4 Å². The van der Waals surface area contributed by atoms with Crippen LogP contribution in [0, 0.1) is 10.1 Å². The predicted octanol–water partition coefficient (Wildman–Crippen LogP) is 4.72. The van der Waals surface area contributed by atoms with Crippen LogP contribution in [-0.4, -0.2) is 14.5 Å². The Bertz CT molecular complexity index is 1060. The molecular weight excluding hydrogens is 378 g/mol. The fourth-order valence-corrected chi connectivity index (χ4v) is 3.32. The number of hydrogen-bond donors (Lipinski definition) is 0. The average molecular weight is 392 g/mol. The van der Waals surface area contributed by atoms with E-state index in [-0.39, 0.29) is 11.4 Å². The van der Waals surface area contributed by atoms with Gasteiger partial charge in [-0.2, -0.15) is 0 Å². The summed E-state index contributed by atoms with van der Waals surface area (Å²) in [5.41, 5.74) is 0.400. The van der Waals surface area contributed by atoms with Crippen molar-refractivity contribution in [1.82, 2.24) is 9.55 Å². The second kappa shape index (κ2) is 7.76. The largest absolute Gasteiger partial charge is 0.433 e. The summed E-state index contributed by atoms with van der Waals surface area (Å²) in [4.78, 5) is 27.3. The van der Waals surface area contributed by atoms with Crippen LogP contribution in [0.15, 0.2) is 50.1 Å². The highest BCUT2D eigenvalue weighted by Crippen LogP contribution is 2.23. The maximum absolute atomic E-state index is 12.7. The highest BCUT2D eigenvalue weighted by Gasteiger charge is 2.12. The van der Waals surface area contributed by atoms with Crippen molar-refractivity contribution in [2.24, 2.45) is 0 Å². The van der Waals surface area contributed by atoms with Crippen molar-refractivity contribution in [3.63, 3.8) is 0 Å². The highest BCUT2D eigenvalue weighted by molar-refractivity contribution is 8.02. The van der Waals surface area contributed by atoms with Crippen LogP contribution in [0.4, 0.5) is 5.88 Å². The van der Waals surface area contributed by atoms with Gasteiger partial charge in [-0.1, -0.05) is 30.3 Å². The molecule has 0 saturated heterocycles. The first-order valence-corrected chi connectivity index (χ1v) is 9.03. The fourth-order valence-electron chi connectivity index (χ4n) is 2.38. The minimum absolute atomic E-state index is 0.127. The van der Waals surface area contributed by atoms with Crippen LogP contribution in [0.25, 0.3) is 17.0 Å². The summed E-state index contributed by atoms with van der Waals surface area (Å²) in [7, 11) is 0. The van der Waals surface area contributed by atoms with Gasteiger partial charge in [0, 0.05) is 11.6 Å². The molecule has 0 saturated carbocycles. The average Bonchev–Trinajstić information content (AvgIpc) is 3.07. The number of furan rings is 1. The standard InChI is InChI=1S/C17H14ClN3O4S/c1-2-8-20-16(22)13-5-3-11(18)10-14(13)19-17(20)26-9-7-12-4-6-15(25-12)21(23)24/h3-7,9-10H,2,8H2,1H3/b9-7+. The molecule has 0 spiro atoms. The molecule has 134 valence electrons. The number of fused-ring (bicyclic) bond motifs is 1. The number of aromatic nitrogens is 2. The monoisotopic (exact) mass is 391 g/mol. The molecule has 0 aliphatic heterocycles. The first-order chi connectivity index (χ1) is 12.5. The van der Waals surface area contributed by atoms with Gasteiger partial charge in [0.2, 0.25) is 0 Å². The van der Waals surface area contributed by atoms with Crippen molar-refractivity contribution in [3.05, 3.63) is 67.0 Å². The zero-order valence-corrected chi connectivity index (χ0v) is 15.3. The van der Waals surface area contributed by atoms with E-state index in [2.05, 4.69) is 4.98 Å². The van der Waals surface area contributed by atoms with E-state index in [1.54, 1.807) is 34.3 Å². The molecule has 0 N–H and O–H groups in total. The highest BCUT2D eigenvalue weighted by atomic mass is 35.5. The van der Waals surface area contributed by atoms with Crippen molar-refractivity contribution in [1.29, 1.82) is 0 Å². The lowest BCUT2D eigenvalue weighted by Crippen LogP contribution is -2.23. The second-order valence-corrected chi connectivity index (χ2v) is 6.68. The van der Waals surface area contributed by atoms with E-state index in [0.717, 1.165) is 6.42 Å². The summed E-state index contributed by atoms with van der Waals surface area (Å²) in [5.74, 6) is 0.0217.